The van der Waals surface area contributed by atoms with Crippen LogP contribution in [0.2, 0.25) is 4.34 Å². The van der Waals surface area contributed by atoms with Crippen molar-refractivity contribution in [3.05, 3.63) is 75.5 Å². The summed E-state index contributed by atoms with van der Waals surface area (Å²) in [6.07, 6.45) is 1.67. The number of hydrogen-bond acceptors (Lipinski definition) is 4. The van der Waals surface area contributed by atoms with E-state index in [0.717, 1.165) is 0 Å². The molecular formula is C19H17ClN4O3S. The van der Waals surface area contributed by atoms with Gasteiger partial charge in [0.05, 0.1) is 9.34 Å². The molecule has 2 aromatic heterocycles. The SMILES string of the molecule is C[C@H](NC(=O)Nc1ccc(Cl)s1)C(=O)Nc1ccc(-n2ccccc2=O)cc1. The summed E-state index contributed by atoms with van der Waals surface area (Å²) in [6, 6.07) is 13.8. The summed E-state index contributed by atoms with van der Waals surface area (Å²) < 4.78 is 2.05. The molecule has 3 rings (SSSR count). The number of nitrogens with zero attached hydrogens (tertiary/aromatic N) is 1. The zero-order chi connectivity index (χ0) is 20.1. The van der Waals surface area contributed by atoms with Crippen molar-refractivity contribution < 1.29 is 9.59 Å². The maximum absolute atomic E-state index is 12.3. The van der Waals surface area contributed by atoms with Crippen molar-refractivity contribution in [1.82, 2.24) is 9.88 Å². The number of anilines is 2. The highest BCUT2D eigenvalue weighted by molar-refractivity contribution is 7.20. The van der Waals surface area contributed by atoms with Gasteiger partial charge in [-0.05, 0) is 49.4 Å². The van der Waals surface area contributed by atoms with Crippen LogP contribution in [0.3, 0.4) is 0 Å². The van der Waals surface area contributed by atoms with Crippen molar-refractivity contribution in [2.24, 2.45) is 0 Å². The third-order valence-electron chi connectivity index (χ3n) is 3.79. The molecule has 0 aliphatic heterocycles. The van der Waals surface area contributed by atoms with Gasteiger partial charge >= 0.3 is 6.03 Å². The number of aromatic nitrogens is 1. The number of hydrogen-bond donors (Lipinski definition) is 3. The second-order valence-corrected chi connectivity index (χ2v) is 7.58. The minimum absolute atomic E-state index is 0.143. The van der Waals surface area contributed by atoms with Crippen molar-refractivity contribution in [2.45, 2.75) is 13.0 Å². The van der Waals surface area contributed by atoms with Crippen molar-refractivity contribution >= 4 is 45.6 Å². The molecule has 3 N–H and O–H groups in total. The largest absolute Gasteiger partial charge is 0.326 e. The predicted octanol–water partition coefficient (Wildman–Crippen LogP) is 3.70. The van der Waals surface area contributed by atoms with Gasteiger partial charge in [-0.2, -0.15) is 0 Å². The first-order chi connectivity index (χ1) is 13.4. The smallest absolute Gasteiger partial charge is 0.320 e. The zero-order valence-corrected chi connectivity index (χ0v) is 16.4. The molecule has 0 aliphatic carbocycles. The average molecular weight is 417 g/mol. The lowest BCUT2D eigenvalue weighted by molar-refractivity contribution is -0.117. The molecule has 0 unspecified atom stereocenters. The second-order valence-electron chi connectivity index (χ2n) is 5.87. The molecule has 9 heteroatoms. The van der Waals surface area contributed by atoms with Crippen LogP contribution in [0.4, 0.5) is 15.5 Å². The van der Waals surface area contributed by atoms with E-state index >= 15 is 0 Å². The minimum atomic E-state index is -0.758. The van der Waals surface area contributed by atoms with E-state index in [4.69, 9.17) is 11.6 Å². The Morgan fingerprint density at radius 1 is 1.04 bits per heavy atom. The molecule has 0 spiro atoms. The van der Waals surface area contributed by atoms with E-state index in [0.29, 0.717) is 20.7 Å². The molecule has 7 nitrogen and oxygen atoms in total. The monoisotopic (exact) mass is 416 g/mol. The van der Waals surface area contributed by atoms with Crippen LogP contribution in [0.25, 0.3) is 5.69 Å². The van der Waals surface area contributed by atoms with Gasteiger partial charge in [0, 0.05) is 23.6 Å². The molecule has 0 saturated heterocycles. The summed E-state index contributed by atoms with van der Waals surface area (Å²) in [5.41, 5.74) is 1.09. The molecule has 0 aliphatic rings. The lowest BCUT2D eigenvalue weighted by Crippen LogP contribution is -2.43. The fourth-order valence-corrected chi connectivity index (χ4v) is 3.33. The van der Waals surface area contributed by atoms with Crippen LogP contribution < -0.4 is 21.5 Å². The van der Waals surface area contributed by atoms with E-state index in [1.165, 1.54) is 22.0 Å². The molecular weight excluding hydrogens is 400 g/mol. The summed E-state index contributed by atoms with van der Waals surface area (Å²) in [6.45, 7) is 1.58. The van der Waals surface area contributed by atoms with Crippen LogP contribution in [-0.4, -0.2) is 22.5 Å². The number of carbonyl (C=O) groups excluding carboxylic acids is 2. The summed E-state index contributed by atoms with van der Waals surface area (Å²) in [5, 5.41) is 8.48. The molecule has 3 aromatic rings. The summed E-state index contributed by atoms with van der Waals surface area (Å²) in [7, 11) is 0. The molecule has 2 heterocycles. The maximum Gasteiger partial charge on any atom is 0.320 e. The topological polar surface area (TPSA) is 92.2 Å². The Balaban J connectivity index is 1.57. The fraction of sp³-hybridized carbons (Fsp3) is 0.105. The lowest BCUT2D eigenvalue weighted by Gasteiger charge is -2.14. The number of rotatable bonds is 5. The van der Waals surface area contributed by atoms with Crippen LogP contribution in [0.5, 0.6) is 0 Å². The van der Waals surface area contributed by atoms with Crippen LogP contribution in [0.1, 0.15) is 6.92 Å². The van der Waals surface area contributed by atoms with E-state index in [9.17, 15) is 14.4 Å². The Morgan fingerprint density at radius 3 is 2.43 bits per heavy atom. The number of amides is 3. The highest BCUT2D eigenvalue weighted by atomic mass is 35.5. The first kappa shape index (κ1) is 19.7. The van der Waals surface area contributed by atoms with E-state index < -0.39 is 12.1 Å². The Labute approximate surface area is 170 Å². The Bertz CT molecular complexity index is 1050. The predicted molar refractivity (Wildman–Crippen MR) is 112 cm³/mol. The van der Waals surface area contributed by atoms with Gasteiger partial charge in [0.2, 0.25) is 5.91 Å². The normalized spacial score (nSPS) is 11.5. The molecule has 144 valence electrons. The third kappa shape index (κ3) is 4.99. The average Bonchev–Trinajstić information content (AvgIpc) is 3.07. The van der Waals surface area contributed by atoms with E-state index in [1.54, 1.807) is 61.7 Å². The van der Waals surface area contributed by atoms with Gasteiger partial charge < -0.3 is 10.6 Å². The highest BCUT2D eigenvalue weighted by Crippen LogP contribution is 2.25. The van der Waals surface area contributed by atoms with Crippen molar-refractivity contribution in [3.63, 3.8) is 0 Å². The summed E-state index contributed by atoms with van der Waals surface area (Å²) in [4.78, 5) is 36.1. The van der Waals surface area contributed by atoms with Gasteiger partial charge in [-0.3, -0.25) is 19.5 Å². The van der Waals surface area contributed by atoms with E-state index in [-0.39, 0.29) is 11.5 Å². The van der Waals surface area contributed by atoms with E-state index in [1.807, 2.05) is 0 Å². The molecule has 28 heavy (non-hydrogen) atoms. The molecule has 0 saturated carbocycles. The van der Waals surface area contributed by atoms with Gasteiger partial charge in [0.15, 0.2) is 0 Å². The van der Waals surface area contributed by atoms with Gasteiger partial charge in [0.1, 0.15) is 6.04 Å². The standard InChI is InChI=1S/C19H17ClN4O3S/c1-12(21-19(27)23-16-10-9-15(20)28-16)18(26)22-13-5-7-14(8-6-13)24-11-3-2-4-17(24)25/h2-12H,1H3,(H,22,26)(H2,21,23,27)/t12-/m0/s1. The molecule has 3 amide bonds. The number of urea groups is 1. The Morgan fingerprint density at radius 2 is 1.79 bits per heavy atom. The molecule has 0 bridgehead atoms. The highest BCUT2D eigenvalue weighted by Gasteiger charge is 2.16. The Kier molecular flexibility index (Phi) is 6.13. The lowest BCUT2D eigenvalue weighted by atomic mass is 10.2. The van der Waals surface area contributed by atoms with Crippen molar-refractivity contribution in [3.8, 4) is 5.69 Å². The van der Waals surface area contributed by atoms with Crippen LogP contribution in [0.15, 0.2) is 65.6 Å². The molecule has 0 radical (unpaired) electrons. The fourth-order valence-electron chi connectivity index (χ4n) is 2.39. The quantitative estimate of drug-likeness (QED) is 0.592. The Hall–Kier alpha value is -3.10. The van der Waals surface area contributed by atoms with Crippen molar-refractivity contribution in [2.75, 3.05) is 10.6 Å². The van der Waals surface area contributed by atoms with Gasteiger partial charge in [-0.15, -0.1) is 11.3 Å². The maximum atomic E-state index is 12.3. The van der Waals surface area contributed by atoms with Gasteiger partial charge in [-0.25, -0.2) is 4.79 Å². The van der Waals surface area contributed by atoms with Crippen LogP contribution in [0, 0.1) is 0 Å². The zero-order valence-electron chi connectivity index (χ0n) is 14.8. The molecule has 1 atom stereocenters. The number of pyridine rings is 1. The summed E-state index contributed by atoms with van der Waals surface area (Å²) in [5.74, 6) is -0.371. The molecule has 0 fully saturated rings. The van der Waals surface area contributed by atoms with Crippen LogP contribution in [-0.2, 0) is 4.79 Å². The minimum Gasteiger partial charge on any atom is -0.326 e. The number of carbonyl (C=O) groups is 2. The van der Waals surface area contributed by atoms with Crippen molar-refractivity contribution in [1.29, 1.82) is 0 Å². The van der Waals surface area contributed by atoms with Gasteiger partial charge in [-0.1, -0.05) is 17.7 Å². The first-order valence-electron chi connectivity index (χ1n) is 8.34. The van der Waals surface area contributed by atoms with Gasteiger partial charge in [0.25, 0.3) is 5.56 Å². The number of halogens is 1. The second kappa shape index (κ2) is 8.73. The summed E-state index contributed by atoms with van der Waals surface area (Å²) >= 11 is 7.04. The molecule has 1 aromatic carbocycles. The van der Waals surface area contributed by atoms with Crippen LogP contribution >= 0.6 is 22.9 Å². The first-order valence-corrected chi connectivity index (χ1v) is 9.53. The number of benzene rings is 1. The number of nitrogens with one attached hydrogen (secondary N) is 3. The third-order valence-corrected chi connectivity index (χ3v) is 4.93. The number of thiophene rings is 1. The van der Waals surface area contributed by atoms with E-state index in [2.05, 4.69) is 16.0 Å².